The monoisotopic (exact) mass is 482 g/mol. The van der Waals surface area contributed by atoms with Gasteiger partial charge in [-0.05, 0) is 55.3 Å². The fraction of sp³-hybridized carbons (Fsp3) is 0.240. The topological polar surface area (TPSA) is 83.5 Å². The number of ether oxygens (including phenoxy) is 1. The van der Waals surface area contributed by atoms with Crippen molar-refractivity contribution in [3.8, 4) is 11.8 Å². The van der Waals surface area contributed by atoms with Gasteiger partial charge in [0, 0.05) is 24.6 Å². The molecule has 0 bridgehead atoms. The zero-order valence-electron chi connectivity index (χ0n) is 17.6. The number of benzene rings is 2. The van der Waals surface area contributed by atoms with Crippen LogP contribution in [-0.2, 0) is 6.61 Å². The van der Waals surface area contributed by atoms with Crippen LogP contribution < -0.4 is 4.74 Å². The number of hydrogen-bond acceptors (Lipinski definition) is 5. The molecule has 1 aliphatic heterocycles. The first-order valence-corrected chi connectivity index (χ1v) is 11.2. The van der Waals surface area contributed by atoms with E-state index in [2.05, 4.69) is 6.07 Å². The molecule has 0 aliphatic carbocycles. The third kappa shape index (κ3) is 5.22. The van der Waals surface area contributed by atoms with E-state index in [-0.39, 0.29) is 30.0 Å². The second-order valence-electron chi connectivity index (χ2n) is 7.72. The van der Waals surface area contributed by atoms with E-state index in [4.69, 9.17) is 37.6 Å². The number of nitriles is 1. The van der Waals surface area contributed by atoms with E-state index in [1.807, 2.05) is 0 Å². The molecule has 33 heavy (non-hydrogen) atoms. The van der Waals surface area contributed by atoms with Crippen molar-refractivity contribution in [2.75, 3.05) is 13.1 Å². The van der Waals surface area contributed by atoms with Gasteiger partial charge in [0.25, 0.3) is 5.91 Å². The first kappa shape index (κ1) is 22.9. The van der Waals surface area contributed by atoms with Crippen molar-refractivity contribution >= 4 is 34.9 Å². The standard InChI is InChI=1S/C25H20Cl2N2O4/c26-20-7-5-17(13-21(20)27)24(30)16-9-11-29(12-10-16)25(31)23-8-6-19(33-23)15-32-22-4-2-1-3-18(22)14-28/h1-8,13,16H,9-12,15H2. The van der Waals surface area contributed by atoms with Crippen molar-refractivity contribution < 1.29 is 18.7 Å². The highest BCUT2D eigenvalue weighted by molar-refractivity contribution is 6.42. The molecular formula is C25H20Cl2N2O4. The van der Waals surface area contributed by atoms with E-state index in [9.17, 15) is 9.59 Å². The molecule has 8 heteroatoms. The van der Waals surface area contributed by atoms with E-state index in [0.29, 0.717) is 58.6 Å². The van der Waals surface area contributed by atoms with Crippen LogP contribution in [0, 0.1) is 17.2 Å². The first-order chi connectivity index (χ1) is 16.0. The minimum Gasteiger partial charge on any atom is -0.484 e. The Kier molecular flexibility index (Phi) is 7.02. The Bertz CT molecular complexity index is 1220. The van der Waals surface area contributed by atoms with Crippen LogP contribution in [0.5, 0.6) is 5.75 Å². The molecule has 2 heterocycles. The van der Waals surface area contributed by atoms with Gasteiger partial charge in [-0.2, -0.15) is 5.26 Å². The number of nitrogens with zero attached hydrogens (tertiary/aromatic N) is 2. The summed E-state index contributed by atoms with van der Waals surface area (Å²) in [5.74, 6) is 0.770. The molecule has 0 saturated carbocycles. The second kappa shape index (κ2) is 10.1. The predicted octanol–water partition coefficient (Wildman–Crippen LogP) is 5.77. The Morgan fingerprint density at radius 3 is 2.55 bits per heavy atom. The molecule has 4 rings (SSSR count). The summed E-state index contributed by atoms with van der Waals surface area (Å²) in [6.45, 7) is 1.02. The number of carbonyl (C=O) groups is 2. The van der Waals surface area contributed by atoms with Gasteiger partial charge in [0.05, 0.1) is 15.6 Å². The van der Waals surface area contributed by atoms with Gasteiger partial charge in [-0.15, -0.1) is 0 Å². The van der Waals surface area contributed by atoms with Crippen LogP contribution in [0.3, 0.4) is 0 Å². The van der Waals surface area contributed by atoms with Gasteiger partial charge < -0.3 is 14.1 Å². The van der Waals surface area contributed by atoms with Crippen LogP contribution in [0.1, 0.15) is 45.1 Å². The summed E-state index contributed by atoms with van der Waals surface area (Å²) in [5, 5.41) is 9.90. The highest BCUT2D eigenvalue weighted by Crippen LogP contribution is 2.28. The SMILES string of the molecule is N#Cc1ccccc1OCc1ccc(C(=O)N2CCC(C(=O)c3ccc(Cl)c(Cl)c3)CC2)o1. The van der Waals surface area contributed by atoms with Crippen LogP contribution in [0.4, 0.5) is 0 Å². The molecule has 1 fully saturated rings. The zero-order valence-corrected chi connectivity index (χ0v) is 19.1. The average molecular weight is 483 g/mol. The summed E-state index contributed by atoms with van der Waals surface area (Å²) in [4.78, 5) is 27.3. The lowest BCUT2D eigenvalue weighted by atomic mass is 9.89. The first-order valence-electron chi connectivity index (χ1n) is 10.5. The Hall–Kier alpha value is -3.27. The Morgan fingerprint density at radius 1 is 1.06 bits per heavy atom. The minimum absolute atomic E-state index is 0.00995. The fourth-order valence-corrected chi connectivity index (χ4v) is 4.09. The Labute approximate surface area is 201 Å². The summed E-state index contributed by atoms with van der Waals surface area (Å²) in [7, 11) is 0. The van der Waals surface area contributed by atoms with Crippen LogP contribution in [0.15, 0.2) is 59.0 Å². The molecule has 0 spiro atoms. The van der Waals surface area contributed by atoms with Gasteiger partial charge in [0.15, 0.2) is 11.5 Å². The normalized spacial score (nSPS) is 14.0. The summed E-state index contributed by atoms with van der Waals surface area (Å²) >= 11 is 12.0. The maximum atomic E-state index is 12.8. The summed E-state index contributed by atoms with van der Waals surface area (Å²) in [6.07, 6.45) is 1.12. The molecule has 0 unspecified atom stereocenters. The molecule has 1 saturated heterocycles. The lowest BCUT2D eigenvalue weighted by Gasteiger charge is -2.30. The van der Waals surface area contributed by atoms with Crippen molar-refractivity contribution in [3.63, 3.8) is 0 Å². The van der Waals surface area contributed by atoms with Gasteiger partial charge in [-0.3, -0.25) is 9.59 Å². The van der Waals surface area contributed by atoms with Crippen LogP contribution in [0.2, 0.25) is 10.0 Å². The van der Waals surface area contributed by atoms with Crippen molar-refractivity contribution in [2.24, 2.45) is 5.92 Å². The number of carbonyl (C=O) groups excluding carboxylic acids is 2. The van der Waals surface area contributed by atoms with Gasteiger partial charge in [0.1, 0.15) is 24.2 Å². The number of likely N-dealkylation sites (tertiary alicyclic amines) is 1. The van der Waals surface area contributed by atoms with E-state index >= 15 is 0 Å². The van der Waals surface area contributed by atoms with Gasteiger partial charge >= 0.3 is 0 Å². The van der Waals surface area contributed by atoms with Gasteiger partial charge in [-0.1, -0.05) is 35.3 Å². The highest BCUT2D eigenvalue weighted by atomic mass is 35.5. The molecule has 1 aliphatic rings. The van der Waals surface area contributed by atoms with E-state index < -0.39 is 0 Å². The third-order valence-electron chi connectivity index (χ3n) is 5.61. The fourth-order valence-electron chi connectivity index (χ4n) is 3.79. The Balaban J connectivity index is 1.32. The number of hydrogen-bond donors (Lipinski definition) is 0. The molecule has 1 amide bonds. The van der Waals surface area contributed by atoms with Crippen LogP contribution in [-0.4, -0.2) is 29.7 Å². The molecule has 0 N–H and O–H groups in total. The van der Waals surface area contributed by atoms with Crippen molar-refractivity contribution in [3.05, 3.63) is 87.3 Å². The van der Waals surface area contributed by atoms with Gasteiger partial charge in [0.2, 0.25) is 0 Å². The van der Waals surface area contributed by atoms with Crippen LogP contribution >= 0.6 is 23.2 Å². The number of amides is 1. The lowest BCUT2D eigenvalue weighted by Crippen LogP contribution is -2.40. The smallest absolute Gasteiger partial charge is 0.289 e. The number of rotatable bonds is 6. The third-order valence-corrected chi connectivity index (χ3v) is 6.35. The maximum Gasteiger partial charge on any atom is 0.289 e. The van der Waals surface area contributed by atoms with Gasteiger partial charge in [-0.25, -0.2) is 0 Å². The molecule has 0 radical (unpaired) electrons. The highest BCUT2D eigenvalue weighted by Gasteiger charge is 2.29. The molecule has 0 atom stereocenters. The zero-order chi connectivity index (χ0) is 23.4. The lowest BCUT2D eigenvalue weighted by molar-refractivity contribution is 0.0621. The molecule has 6 nitrogen and oxygen atoms in total. The molecular weight excluding hydrogens is 463 g/mol. The Morgan fingerprint density at radius 2 is 1.82 bits per heavy atom. The number of Topliss-reactive ketones (excluding diaryl/α,β-unsaturated/α-hetero) is 1. The largest absolute Gasteiger partial charge is 0.484 e. The number of furan rings is 1. The summed E-state index contributed by atoms with van der Waals surface area (Å²) < 4.78 is 11.3. The molecule has 3 aromatic rings. The molecule has 1 aromatic heterocycles. The van der Waals surface area contributed by atoms with Crippen LogP contribution in [0.25, 0.3) is 0 Å². The number of ketones is 1. The maximum absolute atomic E-state index is 12.8. The van der Waals surface area contributed by atoms with E-state index in [0.717, 1.165) is 0 Å². The molecule has 2 aromatic carbocycles. The average Bonchev–Trinajstić information content (AvgIpc) is 3.33. The summed E-state index contributed by atoms with van der Waals surface area (Å²) in [6, 6.07) is 17.2. The summed E-state index contributed by atoms with van der Waals surface area (Å²) in [5.41, 5.74) is 0.960. The van der Waals surface area contributed by atoms with E-state index in [1.54, 1.807) is 59.5 Å². The predicted molar refractivity (Wildman–Crippen MR) is 124 cm³/mol. The van der Waals surface area contributed by atoms with E-state index in [1.165, 1.54) is 0 Å². The van der Waals surface area contributed by atoms with Crippen molar-refractivity contribution in [1.82, 2.24) is 4.90 Å². The van der Waals surface area contributed by atoms with Crippen molar-refractivity contribution in [2.45, 2.75) is 19.4 Å². The number of halogens is 2. The quantitative estimate of drug-likeness (QED) is 0.416. The van der Waals surface area contributed by atoms with Crippen molar-refractivity contribution in [1.29, 1.82) is 5.26 Å². The second-order valence-corrected chi connectivity index (χ2v) is 8.54. The molecule has 168 valence electrons. The number of para-hydroxylation sites is 1. The number of piperidine rings is 1. The minimum atomic E-state index is -0.223.